The minimum Gasteiger partial charge on any atom is -0.486 e. The Balaban J connectivity index is 1.60. The Morgan fingerprint density at radius 2 is 1.94 bits per heavy atom. The number of nitrogens with zero attached hydrogens (tertiary/aromatic N) is 4. The summed E-state index contributed by atoms with van der Waals surface area (Å²) in [6, 6.07) is 10.8. The van der Waals surface area contributed by atoms with Crippen LogP contribution in [0.3, 0.4) is 0 Å². The molecular formula is C25H32F2N4O3. The number of carbonyl (C=O) groups excluding carboxylic acids is 2. The molecule has 1 aliphatic heterocycles. The predicted molar refractivity (Wildman–Crippen MR) is 125 cm³/mol. The fraction of sp³-hybridized carbons (Fsp3) is 0.480. The molecule has 2 atom stereocenters. The maximum absolute atomic E-state index is 13.3. The number of rotatable bonds is 10. The van der Waals surface area contributed by atoms with Gasteiger partial charge in [-0.2, -0.15) is 0 Å². The summed E-state index contributed by atoms with van der Waals surface area (Å²) in [5.41, 5.74) is 1.25. The zero-order valence-corrected chi connectivity index (χ0v) is 19.9. The monoisotopic (exact) mass is 474 g/mol. The number of carbonyl (C=O) groups is 2. The van der Waals surface area contributed by atoms with Crippen molar-refractivity contribution >= 4 is 11.8 Å². The number of alkyl halides is 2. The molecule has 1 saturated heterocycles. The molecule has 0 bridgehead atoms. The molecule has 0 saturated carbocycles. The normalized spacial score (nSPS) is 16.7. The predicted octanol–water partition coefficient (Wildman–Crippen LogP) is 3.34. The van der Waals surface area contributed by atoms with Gasteiger partial charge in [-0.1, -0.05) is 37.3 Å². The SMILES string of the molecule is CCN(C)C(C(=O)N(C)CC1CCN(C(=O)c2cncc(OCC(F)F)c2)C1)c1ccccc1. The average molecular weight is 475 g/mol. The van der Waals surface area contributed by atoms with Gasteiger partial charge in [0.15, 0.2) is 0 Å². The highest BCUT2D eigenvalue weighted by atomic mass is 19.3. The standard InChI is InChI=1S/C25H32F2N4O3/c1-4-29(2)23(19-8-6-5-7-9-19)25(33)30(3)15-18-10-11-31(16-18)24(32)20-12-21(14-28-13-20)34-17-22(26)27/h5-9,12-14,18,22-23H,4,10-11,15-17H2,1-3H3. The van der Waals surface area contributed by atoms with Gasteiger partial charge in [-0.05, 0) is 37.6 Å². The van der Waals surface area contributed by atoms with Gasteiger partial charge >= 0.3 is 0 Å². The molecule has 9 heteroatoms. The number of amides is 2. The van der Waals surface area contributed by atoms with Crippen molar-refractivity contribution in [3.05, 3.63) is 59.9 Å². The Morgan fingerprint density at radius 1 is 1.21 bits per heavy atom. The number of halogens is 2. The topological polar surface area (TPSA) is 66.0 Å². The van der Waals surface area contributed by atoms with Crippen molar-refractivity contribution in [2.45, 2.75) is 25.8 Å². The first-order chi connectivity index (χ1) is 16.3. The molecule has 1 aromatic carbocycles. The Kier molecular flexibility index (Phi) is 8.92. The number of hydrogen-bond acceptors (Lipinski definition) is 5. The van der Waals surface area contributed by atoms with Crippen molar-refractivity contribution < 1.29 is 23.1 Å². The summed E-state index contributed by atoms with van der Waals surface area (Å²) < 4.78 is 29.8. The molecule has 0 spiro atoms. The second-order valence-electron chi connectivity index (χ2n) is 8.62. The lowest BCUT2D eigenvalue weighted by Gasteiger charge is -2.31. The van der Waals surface area contributed by atoms with Gasteiger partial charge in [-0.15, -0.1) is 0 Å². The van der Waals surface area contributed by atoms with E-state index in [1.165, 1.54) is 18.5 Å². The molecule has 3 rings (SSSR count). The summed E-state index contributed by atoms with van der Waals surface area (Å²) in [6.45, 7) is 3.62. The Bertz CT molecular complexity index is 960. The highest BCUT2D eigenvalue weighted by molar-refractivity contribution is 5.94. The molecule has 2 amide bonds. The van der Waals surface area contributed by atoms with E-state index in [1.807, 2.05) is 49.2 Å². The molecule has 2 unspecified atom stereocenters. The van der Waals surface area contributed by atoms with Gasteiger partial charge < -0.3 is 14.5 Å². The Labute approximate surface area is 199 Å². The molecular weight excluding hydrogens is 442 g/mol. The summed E-state index contributed by atoms with van der Waals surface area (Å²) in [5.74, 6) is 0.0828. The van der Waals surface area contributed by atoms with E-state index < -0.39 is 13.0 Å². The maximum atomic E-state index is 13.3. The van der Waals surface area contributed by atoms with Crippen LogP contribution in [0.5, 0.6) is 5.75 Å². The second-order valence-corrected chi connectivity index (χ2v) is 8.62. The smallest absolute Gasteiger partial charge is 0.272 e. The van der Waals surface area contributed by atoms with E-state index in [1.54, 1.807) is 16.8 Å². The van der Waals surface area contributed by atoms with Crippen LogP contribution in [-0.4, -0.2) is 84.8 Å². The lowest BCUT2D eigenvalue weighted by Crippen LogP contribution is -2.42. The van der Waals surface area contributed by atoms with Crippen molar-refractivity contribution in [2.75, 3.05) is 46.9 Å². The quantitative estimate of drug-likeness (QED) is 0.529. The van der Waals surface area contributed by atoms with E-state index in [9.17, 15) is 18.4 Å². The van der Waals surface area contributed by atoms with Crippen LogP contribution in [0.25, 0.3) is 0 Å². The van der Waals surface area contributed by atoms with Crippen molar-refractivity contribution in [2.24, 2.45) is 5.92 Å². The molecule has 2 heterocycles. The molecule has 1 aromatic heterocycles. The van der Waals surface area contributed by atoms with Gasteiger partial charge in [-0.3, -0.25) is 19.5 Å². The first-order valence-corrected chi connectivity index (χ1v) is 11.5. The van der Waals surface area contributed by atoms with Crippen LogP contribution >= 0.6 is 0 Å². The molecule has 1 aliphatic rings. The van der Waals surface area contributed by atoms with Gasteiger partial charge in [0, 0.05) is 32.9 Å². The molecule has 2 aromatic rings. The first-order valence-electron chi connectivity index (χ1n) is 11.5. The summed E-state index contributed by atoms with van der Waals surface area (Å²) in [7, 11) is 3.74. The van der Waals surface area contributed by atoms with Crippen LogP contribution in [0.15, 0.2) is 48.8 Å². The maximum Gasteiger partial charge on any atom is 0.272 e. The lowest BCUT2D eigenvalue weighted by atomic mass is 10.0. The van der Waals surface area contributed by atoms with Gasteiger partial charge in [0.05, 0.1) is 11.8 Å². The van der Waals surface area contributed by atoms with Crippen LogP contribution in [0.4, 0.5) is 8.78 Å². The number of aromatic nitrogens is 1. The Hall–Kier alpha value is -3.07. The largest absolute Gasteiger partial charge is 0.486 e. The zero-order chi connectivity index (χ0) is 24.7. The average Bonchev–Trinajstić information content (AvgIpc) is 3.31. The van der Waals surface area contributed by atoms with Crippen LogP contribution in [-0.2, 0) is 4.79 Å². The van der Waals surface area contributed by atoms with Crippen LogP contribution < -0.4 is 4.74 Å². The van der Waals surface area contributed by atoms with E-state index in [2.05, 4.69) is 4.98 Å². The van der Waals surface area contributed by atoms with Crippen molar-refractivity contribution in [1.82, 2.24) is 19.7 Å². The van der Waals surface area contributed by atoms with E-state index in [0.29, 0.717) is 25.2 Å². The van der Waals surface area contributed by atoms with Crippen LogP contribution in [0, 0.1) is 5.92 Å². The number of likely N-dealkylation sites (tertiary alicyclic amines) is 1. The van der Waals surface area contributed by atoms with E-state index in [0.717, 1.165) is 18.5 Å². The minimum absolute atomic E-state index is 0.0217. The summed E-state index contributed by atoms with van der Waals surface area (Å²) in [4.78, 5) is 35.7. The number of pyridine rings is 1. The van der Waals surface area contributed by atoms with Crippen molar-refractivity contribution in [3.63, 3.8) is 0 Å². The van der Waals surface area contributed by atoms with Crippen LogP contribution in [0.1, 0.15) is 35.3 Å². The fourth-order valence-electron chi connectivity index (χ4n) is 4.21. The second kappa shape index (κ2) is 11.9. The third-order valence-corrected chi connectivity index (χ3v) is 6.11. The van der Waals surface area contributed by atoms with Crippen molar-refractivity contribution in [3.8, 4) is 5.75 Å². The number of likely N-dealkylation sites (N-methyl/N-ethyl adjacent to an activating group) is 2. The van der Waals surface area contributed by atoms with Crippen molar-refractivity contribution in [1.29, 1.82) is 0 Å². The fourth-order valence-corrected chi connectivity index (χ4v) is 4.21. The minimum atomic E-state index is -2.60. The summed E-state index contributed by atoms with van der Waals surface area (Å²) in [5, 5.41) is 0. The van der Waals surface area contributed by atoms with Crippen LogP contribution in [0.2, 0.25) is 0 Å². The molecule has 34 heavy (non-hydrogen) atoms. The van der Waals surface area contributed by atoms with Gasteiger partial charge in [0.1, 0.15) is 18.4 Å². The van der Waals surface area contributed by atoms with E-state index >= 15 is 0 Å². The molecule has 0 radical (unpaired) electrons. The number of hydrogen-bond donors (Lipinski definition) is 0. The highest BCUT2D eigenvalue weighted by Crippen LogP contribution is 2.25. The third-order valence-electron chi connectivity index (χ3n) is 6.11. The molecule has 0 aliphatic carbocycles. The van der Waals surface area contributed by atoms with E-state index in [-0.39, 0.29) is 29.5 Å². The van der Waals surface area contributed by atoms with Gasteiger partial charge in [0.25, 0.3) is 12.3 Å². The lowest BCUT2D eigenvalue weighted by molar-refractivity contribution is -0.136. The summed E-state index contributed by atoms with van der Waals surface area (Å²) in [6.07, 6.45) is 0.893. The van der Waals surface area contributed by atoms with E-state index in [4.69, 9.17) is 4.74 Å². The Morgan fingerprint density at radius 3 is 2.62 bits per heavy atom. The summed E-state index contributed by atoms with van der Waals surface area (Å²) >= 11 is 0. The van der Waals surface area contributed by atoms with Gasteiger partial charge in [0.2, 0.25) is 5.91 Å². The highest BCUT2D eigenvalue weighted by Gasteiger charge is 2.32. The molecule has 0 N–H and O–H groups in total. The molecule has 1 fully saturated rings. The molecule has 7 nitrogen and oxygen atoms in total. The third kappa shape index (κ3) is 6.50. The first kappa shape index (κ1) is 25.6. The molecule has 184 valence electrons. The number of ether oxygens (including phenoxy) is 1. The zero-order valence-electron chi connectivity index (χ0n) is 19.9. The van der Waals surface area contributed by atoms with Gasteiger partial charge in [-0.25, -0.2) is 8.78 Å². The number of benzene rings is 1.